The number of rotatable bonds is 3. The number of oxime groups is 1. The van der Waals surface area contributed by atoms with Gasteiger partial charge in [-0.25, -0.2) is 8.42 Å². The highest BCUT2D eigenvalue weighted by Crippen LogP contribution is 2.37. The van der Waals surface area contributed by atoms with Crippen molar-refractivity contribution in [3.05, 3.63) is 23.8 Å². The molecule has 0 spiro atoms. The van der Waals surface area contributed by atoms with Crippen LogP contribution in [0.5, 0.6) is 11.5 Å². The smallest absolute Gasteiger partial charge is 0.231 e. The van der Waals surface area contributed by atoms with Gasteiger partial charge in [-0.2, -0.15) is 0 Å². The molecule has 0 fully saturated rings. The van der Waals surface area contributed by atoms with Crippen molar-refractivity contribution in [1.82, 2.24) is 0 Å². The third kappa shape index (κ3) is 2.67. The number of alkyl halides is 1. The Bertz CT molecular complexity index is 703. The molecule has 114 valence electrons. The Hall–Kier alpha value is -1.47. The minimum Gasteiger partial charge on any atom is -0.454 e. The minimum absolute atomic E-state index is 0.0159. The highest BCUT2D eigenvalue weighted by Gasteiger charge is 2.39. The second-order valence-corrected chi connectivity index (χ2v) is 7.50. The van der Waals surface area contributed by atoms with Gasteiger partial charge in [-0.15, -0.1) is 11.6 Å². The fraction of sp³-hybridized carbons (Fsp3) is 0.462. The topological polar surface area (TPSA) is 74.2 Å². The van der Waals surface area contributed by atoms with Crippen LogP contribution < -0.4 is 9.47 Å². The van der Waals surface area contributed by atoms with E-state index in [1.807, 2.05) is 0 Å². The Balaban J connectivity index is 1.84. The van der Waals surface area contributed by atoms with Gasteiger partial charge in [-0.3, -0.25) is 0 Å². The van der Waals surface area contributed by atoms with Gasteiger partial charge in [0.05, 0.1) is 11.6 Å². The molecule has 0 aromatic heterocycles. The van der Waals surface area contributed by atoms with Gasteiger partial charge in [-0.05, 0) is 13.0 Å². The first kappa shape index (κ1) is 14.5. The zero-order chi connectivity index (χ0) is 15.1. The predicted octanol–water partition coefficient (Wildman–Crippen LogP) is 2.06. The second-order valence-electron chi connectivity index (χ2n) is 5.25. The fourth-order valence-corrected chi connectivity index (χ4v) is 3.80. The lowest BCUT2D eigenvalue weighted by Crippen LogP contribution is -2.28. The van der Waals surface area contributed by atoms with E-state index in [1.54, 1.807) is 25.1 Å². The van der Waals surface area contributed by atoms with Crippen LogP contribution >= 0.6 is 11.6 Å². The van der Waals surface area contributed by atoms with Gasteiger partial charge in [0, 0.05) is 12.0 Å². The van der Waals surface area contributed by atoms with Crippen LogP contribution in [0.15, 0.2) is 23.4 Å². The molecule has 1 aromatic rings. The van der Waals surface area contributed by atoms with E-state index >= 15 is 0 Å². The number of nitrogens with zero attached hydrogens (tertiary/aromatic N) is 1. The van der Waals surface area contributed by atoms with Crippen molar-refractivity contribution in [1.29, 1.82) is 0 Å². The Morgan fingerprint density at radius 2 is 2.19 bits per heavy atom. The molecule has 8 heteroatoms. The molecule has 0 saturated heterocycles. The number of sulfone groups is 1. The van der Waals surface area contributed by atoms with Crippen molar-refractivity contribution in [3.63, 3.8) is 0 Å². The third-order valence-electron chi connectivity index (χ3n) is 3.36. The van der Waals surface area contributed by atoms with Gasteiger partial charge < -0.3 is 14.3 Å². The van der Waals surface area contributed by atoms with Gasteiger partial charge in [0.25, 0.3) is 0 Å². The van der Waals surface area contributed by atoms with Crippen molar-refractivity contribution in [2.75, 3.05) is 12.7 Å². The summed E-state index contributed by atoms with van der Waals surface area (Å²) in [4.78, 5) is 5.14. The first-order chi connectivity index (χ1) is 9.93. The molecule has 2 aliphatic heterocycles. The van der Waals surface area contributed by atoms with Gasteiger partial charge in [-0.1, -0.05) is 17.3 Å². The van der Waals surface area contributed by atoms with E-state index in [0.717, 1.165) is 0 Å². The van der Waals surface area contributed by atoms with Crippen molar-refractivity contribution in [2.45, 2.75) is 24.7 Å². The molecule has 1 unspecified atom stereocenters. The quantitative estimate of drug-likeness (QED) is 0.793. The molecular weight excluding hydrogens is 318 g/mol. The van der Waals surface area contributed by atoms with Crippen LogP contribution in [0.2, 0.25) is 0 Å². The van der Waals surface area contributed by atoms with E-state index in [9.17, 15) is 8.42 Å². The number of ether oxygens (including phenoxy) is 2. The van der Waals surface area contributed by atoms with Gasteiger partial charge >= 0.3 is 0 Å². The Labute approximate surface area is 127 Å². The molecule has 3 rings (SSSR count). The maximum atomic E-state index is 12.5. The molecule has 2 aliphatic rings. The summed E-state index contributed by atoms with van der Waals surface area (Å²) in [7, 11) is -3.58. The summed E-state index contributed by atoms with van der Waals surface area (Å²) in [6.45, 7) is 1.82. The number of halogens is 1. The molecule has 0 bridgehead atoms. The Morgan fingerprint density at radius 1 is 1.38 bits per heavy atom. The summed E-state index contributed by atoms with van der Waals surface area (Å²) in [5.41, 5.74) is -0.213. The van der Waals surface area contributed by atoms with Crippen LogP contribution in [0.3, 0.4) is 0 Å². The molecule has 6 nitrogen and oxygen atoms in total. The maximum absolute atomic E-state index is 12.5. The summed E-state index contributed by atoms with van der Waals surface area (Å²) in [5.74, 6) is 0.992. The van der Waals surface area contributed by atoms with E-state index in [-0.39, 0.29) is 29.9 Å². The monoisotopic (exact) mass is 331 g/mol. The van der Waals surface area contributed by atoms with E-state index in [1.165, 1.54) is 0 Å². The van der Waals surface area contributed by atoms with E-state index in [2.05, 4.69) is 5.16 Å². The fourth-order valence-electron chi connectivity index (χ4n) is 2.18. The SMILES string of the molecule is CC1(CCl)CC(S(=O)(=O)Cc2cccc3c2OCO3)=NO1. The van der Waals surface area contributed by atoms with Crippen LogP contribution in [-0.4, -0.2) is 31.7 Å². The van der Waals surface area contributed by atoms with Gasteiger partial charge in [0.1, 0.15) is 0 Å². The average Bonchev–Trinajstić information content (AvgIpc) is 3.06. The van der Waals surface area contributed by atoms with E-state index in [0.29, 0.717) is 17.1 Å². The lowest BCUT2D eigenvalue weighted by molar-refractivity contribution is 0.0152. The van der Waals surface area contributed by atoms with Gasteiger partial charge in [0.2, 0.25) is 6.79 Å². The van der Waals surface area contributed by atoms with E-state index < -0.39 is 15.4 Å². The first-order valence-corrected chi connectivity index (χ1v) is 8.53. The predicted molar refractivity (Wildman–Crippen MR) is 77.5 cm³/mol. The zero-order valence-electron chi connectivity index (χ0n) is 11.3. The molecule has 2 heterocycles. The van der Waals surface area contributed by atoms with Crippen LogP contribution in [0.25, 0.3) is 0 Å². The highest BCUT2D eigenvalue weighted by atomic mass is 35.5. The maximum Gasteiger partial charge on any atom is 0.231 e. The number of benzene rings is 1. The molecule has 1 aromatic carbocycles. The normalized spacial score (nSPS) is 23.8. The van der Waals surface area contributed by atoms with Crippen molar-refractivity contribution in [2.24, 2.45) is 5.16 Å². The minimum atomic E-state index is -3.58. The van der Waals surface area contributed by atoms with Crippen LogP contribution in [-0.2, 0) is 20.4 Å². The average molecular weight is 332 g/mol. The van der Waals surface area contributed by atoms with Crippen molar-refractivity contribution < 1.29 is 22.7 Å². The number of fused-ring (bicyclic) bond motifs is 1. The standard InChI is InChI=1S/C13H14ClNO5S/c1-13(7-14)5-11(15-20-13)21(16,17)6-9-3-2-4-10-12(9)19-8-18-10/h2-4H,5-8H2,1H3. The summed E-state index contributed by atoms with van der Waals surface area (Å²) >= 11 is 5.77. The van der Waals surface area contributed by atoms with Crippen LogP contribution in [0.1, 0.15) is 18.9 Å². The zero-order valence-corrected chi connectivity index (χ0v) is 12.9. The van der Waals surface area contributed by atoms with Crippen LogP contribution in [0.4, 0.5) is 0 Å². The molecule has 0 radical (unpaired) electrons. The molecular formula is C13H14ClNO5S. The number of hydrogen-bond donors (Lipinski definition) is 0. The first-order valence-electron chi connectivity index (χ1n) is 6.35. The molecule has 0 amide bonds. The summed E-state index contributed by atoms with van der Waals surface area (Å²) in [6, 6.07) is 5.16. The highest BCUT2D eigenvalue weighted by molar-refractivity contribution is 8.05. The summed E-state index contributed by atoms with van der Waals surface area (Å²) < 4.78 is 35.5. The van der Waals surface area contributed by atoms with Crippen molar-refractivity contribution >= 4 is 26.5 Å². The Morgan fingerprint density at radius 3 is 2.90 bits per heavy atom. The Kier molecular flexibility index (Phi) is 3.49. The number of hydrogen-bond acceptors (Lipinski definition) is 6. The number of para-hydroxylation sites is 1. The van der Waals surface area contributed by atoms with Crippen LogP contribution in [0, 0.1) is 0 Å². The molecule has 0 saturated carbocycles. The van der Waals surface area contributed by atoms with Crippen molar-refractivity contribution in [3.8, 4) is 11.5 Å². The van der Waals surface area contributed by atoms with E-state index in [4.69, 9.17) is 25.9 Å². The summed E-state index contributed by atoms with van der Waals surface area (Å²) in [5, 5.41) is 3.71. The third-order valence-corrected chi connectivity index (χ3v) is 5.55. The molecule has 0 aliphatic carbocycles. The molecule has 0 N–H and O–H groups in total. The second kappa shape index (κ2) is 5.06. The lowest BCUT2D eigenvalue weighted by Gasteiger charge is -2.16. The molecule has 1 atom stereocenters. The molecule has 21 heavy (non-hydrogen) atoms. The largest absolute Gasteiger partial charge is 0.454 e. The van der Waals surface area contributed by atoms with Gasteiger partial charge in [0.15, 0.2) is 32.0 Å². The summed E-state index contributed by atoms with van der Waals surface area (Å²) in [6.07, 6.45) is 0.172. The lowest BCUT2D eigenvalue weighted by atomic mass is 10.1.